The second-order valence-corrected chi connectivity index (χ2v) is 11.0. The summed E-state index contributed by atoms with van der Waals surface area (Å²) in [4.78, 5) is 35.8. The topological polar surface area (TPSA) is 88.9 Å². The van der Waals surface area contributed by atoms with E-state index in [1.54, 1.807) is 48.4 Å². The summed E-state index contributed by atoms with van der Waals surface area (Å²) in [5, 5.41) is 3.61. The van der Waals surface area contributed by atoms with Crippen molar-refractivity contribution in [3.05, 3.63) is 94.6 Å². The number of benzene rings is 3. The number of rotatable bonds is 10. The molecule has 43 heavy (non-hydrogen) atoms. The number of nitrogens with zero attached hydrogens (tertiary/aromatic N) is 4. The lowest BCUT2D eigenvalue weighted by Gasteiger charge is -2.30. The Labute approximate surface area is 257 Å². The van der Waals surface area contributed by atoms with Crippen LogP contribution in [0.4, 0.5) is 5.95 Å². The Morgan fingerprint density at radius 2 is 1.72 bits per heavy atom. The van der Waals surface area contributed by atoms with Crippen molar-refractivity contribution in [2.24, 2.45) is 0 Å². The Morgan fingerprint density at radius 1 is 1.00 bits per heavy atom. The number of aromatic nitrogens is 2. The van der Waals surface area contributed by atoms with Gasteiger partial charge in [-0.2, -0.15) is 0 Å². The first-order chi connectivity index (χ1) is 20.8. The molecule has 4 aromatic rings. The number of amides is 2. The summed E-state index contributed by atoms with van der Waals surface area (Å²) in [7, 11) is 1.58. The number of imidazole rings is 1. The number of anilines is 1. The number of hydrogen-bond acceptors (Lipinski definition) is 6. The molecule has 3 aromatic carbocycles. The predicted octanol–water partition coefficient (Wildman–Crippen LogP) is 5.23. The number of hydrogen-bond donors (Lipinski definition) is 1. The first kappa shape index (κ1) is 30.3. The first-order valence-electron chi connectivity index (χ1n) is 14.3. The Hall–Kier alpha value is -4.18. The van der Waals surface area contributed by atoms with Gasteiger partial charge in [0, 0.05) is 54.2 Å². The average Bonchev–Trinajstić information content (AvgIpc) is 3.44. The molecule has 1 aliphatic heterocycles. The number of morpholine rings is 1. The lowest BCUT2D eigenvalue weighted by molar-refractivity contribution is -0.117. The second kappa shape index (κ2) is 13.9. The highest BCUT2D eigenvalue weighted by Gasteiger charge is 2.22. The van der Waals surface area contributed by atoms with Gasteiger partial charge in [-0.1, -0.05) is 29.8 Å². The third-order valence-electron chi connectivity index (χ3n) is 7.61. The Morgan fingerprint density at radius 3 is 2.40 bits per heavy atom. The van der Waals surface area contributed by atoms with Gasteiger partial charge in [0.2, 0.25) is 11.9 Å². The van der Waals surface area contributed by atoms with Crippen LogP contribution in [0.25, 0.3) is 16.9 Å². The van der Waals surface area contributed by atoms with Gasteiger partial charge in [-0.05, 0) is 73.5 Å². The molecule has 0 unspecified atom stereocenters. The van der Waals surface area contributed by atoms with Gasteiger partial charge in [0.15, 0.2) is 0 Å². The minimum absolute atomic E-state index is 0.134. The van der Waals surface area contributed by atoms with Crippen LogP contribution in [-0.4, -0.2) is 84.2 Å². The van der Waals surface area contributed by atoms with Crippen LogP contribution in [-0.2, 0) is 9.53 Å². The number of carbonyl (C=O) groups excluding carboxylic acids is 2. The quantitative estimate of drug-likeness (QED) is 0.268. The number of ether oxygens (including phenoxy) is 2. The zero-order valence-electron chi connectivity index (χ0n) is 24.7. The van der Waals surface area contributed by atoms with Gasteiger partial charge in [-0.25, -0.2) is 4.98 Å². The number of nitrogens with one attached hydrogen (secondary N) is 1. The summed E-state index contributed by atoms with van der Waals surface area (Å²) in [6.07, 6.45) is 1.89. The van der Waals surface area contributed by atoms with Crippen LogP contribution >= 0.6 is 11.6 Å². The summed E-state index contributed by atoms with van der Waals surface area (Å²) in [5.41, 5.74) is 5.19. The minimum Gasteiger partial charge on any atom is -0.497 e. The average molecular weight is 602 g/mol. The van der Waals surface area contributed by atoms with E-state index in [1.807, 2.05) is 42.0 Å². The fourth-order valence-corrected chi connectivity index (χ4v) is 5.02. The van der Waals surface area contributed by atoms with Gasteiger partial charge in [0.1, 0.15) is 12.3 Å². The number of carbonyl (C=O) groups is 2. The third-order valence-corrected chi connectivity index (χ3v) is 7.87. The molecule has 0 spiro atoms. The van der Waals surface area contributed by atoms with E-state index in [0.29, 0.717) is 54.3 Å². The van der Waals surface area contributed by atoms with E-state index < -0.39 is 0 Å². The largest absolute Gasteiger partial charge is 0.497 e. The maximum absolute atomic E-state index is 13.6. The molecule has 1 fully saturated rings. The van der Waals surface area contributed by atoms with Crippen molar-refractivity contribution in [2.75, 3.05) is 58.4 Å². The van der Waals surface area contributed by atoms with Crippen molar-refractivity contribution in [2.45, 2.75) is 13.8 Å². The zero-order chi connectivity index (χ0) is 30.3. The summed E-state index contributed by atoms with van der Waals surface area (Å²) in [6, 6.07) is 20.4. The molecule has 1 N–H and O–H groups in total. The Bertz CT molecular complexity index is 1560. The monoisotopic (exact) mass is 601 g/mol. The van der Waals surface area contributed by atoms with Crippen molar-refractivity contribution in [1.29, 1.82) is 0 Å². The molecule has 2 heterocycles. The Balaban J connectivity index is 1.40. The molecule has 1 saturated heterocycles. The standard InChI is InChI=1S/C33H36ClN5O4/c1-23-4-11-28(20-24(23)2)39-21-30(25-5-9-27(34)10-6-25)35-33(39)36-31(40)22-38(15-14-37-16-18-43-19-17-37)32(41)26-7-12-29(42-3)13-8-26/h4-13,20-21H,14-19,22H2,1-3H3,(H,35,36,40). The summed E-state index contributed by atoms with van der Waals surface area (Å²) in [6.45, 7) is 7.89. The van der Waals surface area contributed by atoms with Crippen LogP contribution in [0, 0.1) is 13.8 Å². The maximum Gasteiger partial charge on any atom is 0.254 e. The highest BCUT2D eigenvalue weighted by Crippen LogP contribution is 2.26. The van der Waals surface area contributed by atoms with E-state index in [-0.39, 0.29) is 18.4 Å². The molecule has 2 amide bonds. The van der Waals surface area contributed by atoms with Crippen molar-refractivity contribution in [3.63, 3.8) is 0 Å². The minimum atomic E-state index is -0.345. The smallest absolute Gasteiger partial charge is 0.254 e. The van der Waals surface area contributed by atoms with Gasteiger partial charge < -0.3 is 14.4 Å². The molecular formula is C33H36ClN5O4. The maximum atomic E-state index is 13.6. The first-order valence-corrected chi connectivity index (χ1v) is 14.6. The van der Waals surface area contributed by atoms with E-state index in [1.165, 1.54) is 5.56 Å². The fourth-order valence-electron chi connectivity index (χ4n) is 4.89. The predicted molar refractivity (Wildman–Crippen MR) is 168 cm³/mol. The van der Waals surface area contributed by atoms with Crippen LogP contribution < -0.4 is 10.1 Å². The summed E-state index contributed by atoms with van der Waals surface area (Å²) < 4.78 is 12.6. The van der Waals surface area contributed by atoms with Crippen LogP contribution in [0.15, 0.2) is 72.9 Å². The molecule has 0 atom stereocenters. The highest BCUT2D eigenvalue weighted by atomic mass is 35.5. The summed E-state index contributed by atoms with van der Waals surface area (Å²) in [5.74, 6) is 0.444. The Kier molecular flexibility index (Phi) is 9.76. The van der Waals surface area contributed by atoms with E-state index >= 15 is 0 Å². The van der Waals surface area contributed by atoms with Gasteiger partial charge in [-0.15, -0.1) is 0 Å². The van der Waals surface area contributed by atoms with Gasteiger partial charge in [0.25, 0.3) is 5.91 Å². The number of halogens is 1. The molecule has 9 nitrogen and oxygen atoms in total. The number of methoxy groups -OCH3 is 1. The molecule has 224 valence electrons. The molecule has 0 aliphatic carbocycles. The van der Waals surface area contributed by atoms with Crippen molar-refractivity contribution >= 4 is 29.4 Å². The molecule has 1 aromatic heterocycles. The molecule has 10 heteroatoms. The van der Waals surface area contributed by atoms with Crippen LogP contribution in [0.1, 0.15) is 21.5 Å². The lowest BCUT2D eigenvalue weighted by atomic mass is 10.1. The summed E-state index contributed by atoms with van der Waals surface area (Å²) >= 11 is 6.11. The molecule has 5 rings (SSSR count). The van der Waals surface area contributed by atoms with Crippen molar-refractivity contribution in [1.82, 2.24) is 19.4 Å². The second-order valence-electron chi connectivity index (χ2n) is 10.6. The normalized spacial score (nSPS) is 13.5. The zero-order valence-corrected chi connectivity index (χ0v) is 25.4. The lowest BCUT2D eigenvalue weighted by Crippen LogP contribution is -2.45. The van der Waals surface area contributed by atoms with Crippen molar-refractivity contribution < 1.29 is 19.1 Å². The molecule has 0 bridgehead atoms. The SMILES string of the molecule is COc1ccc(C(=O)N(CCN2CCOCC2)CC(=O)Nc2nc(-c3ccc(Cl)cc3)cn2-c2ccc(C)c(C)c2)cc1. The van der Waals surface area contributed by atoms with Gasteiger partial charge in [0.05, 0.1) is 26.0 Å². The van der Waals surface area contributed by atoms with E-state index in [2.05, 4.69) is 23.2 Å². The number of aryl methyl sites for hydroxylation is 2. The van der Waals surface area contributed by atoms with Crippen LogP contribution in [0.3, 0.4) is 0 Å². The van der Waals surface area contributed by atoms with E-state index in [9.17, 15) is 9.59 Å². The fraction of sp³-hybridized carbons (Fsp3) is 0.303. The molecule has 0 radical (unpaired) electrons. The van der Waals surface area contributed by atoms with Crippen LogP contribution in [0.5, 0.6) is 5.75 Å². The highest BCUT2D eigenvalue weighted by molar-refractivity contribution is 6.30. The van der Waals surface area contributed by atoms with Crippen molar-refractivity contribution in [3.8, 4) is 22.7 Å². The van der Waals surface area contributed by atoms with Crippen LogP contribution in [0.2, 0.25) is 5.02 Å². The molecule has 0 saturated carbocycles. The van der Waals surface area contributed by atoms with E-state index in [0.717, 1.165) is 29.9 Å². The van der Waals surface area contributed by atoms with Gasteiger partial charge >= 0.3 is 0 Å². The van der Waals surface area contributed by atoms with E-state index in [4.69, 9.17) is 26.1 Å². The molecular weight excluding hydrogens is 566 g/mol. The van der Waals surface area contributed by atoms with Gasteiger partial charge in [-0.3, -0.25) is 24.4 Å². The molecule has 1 aliphatic rings. The third kappa shape index (κ3) is 7.62.